The van der Waals surface area contributed by atoms with Crippen LogP contribution in [-0.4, -0.2) is 21.9 Å². The quantitative estimate of drug-likeness (QED) is 0.368. The number of amides is 1. The minimum atomic E-state index is -4.51. The van der Waals surface area contributed by atoms with Gasteiger partial charge in [-0.3, -0.25) is 4.79 Å². The summed E-state index contributed by atoms with van der Waals surface area (Å²) in [5, 5.41) is 10.1. The highest BCUT2D eigenvalue weighted by Gasteiger charge is 2.47. The molecule has 4 aromatic rings. The van der Waals surface area contributed by atoms with E-state index in [-0.39, 0.29) is 17.8 Å². The van der Waals surface area contributed by atoms with Crippen LogP contribution in [0.25, 0.3) is 0 Å². The molecule has 1 aliphatic rings. The highest BCUT2D eigenvalue weighted by atomic mass is 19.4. The lowest BCUT2D eigenvalue weighted by molar-refractivity contribution is -0.173. The fourth-order valence-corrected chi connectivity index (χ4v) is 4.49. The molecule has 0 fully saturated rings. The van der Waals surface area contributed by atoms with Crippen molar-refractivity contribution < 1.29 is 18.0 Å². The van der Waals surface area contributed by atoms with Gasteiger partial charge in [0.2, 0.25) is 0 Å². The average Bonchev–Trinajstić information content (AvgIpc) is 3.32. The van der Waals surface area contributed by atoms with Gasteiger partial charge in [-0.05, 0) is 16.7 Å². The summed E-state index contributed by atoms with van der Waals surface area (Å²) in [6.45, 7) is 0. The van der Waals surface area contributed by atoms with Crippen molar-refractivity contribution in [3.05, 3.63) is 119 Å². The van der Waals surface area contributed by atoms with Crippen LogP contribution in [0.4, 0.5) is 19.0 Å². The van der Waals surface area contributed by atoms with Crippen LogP contribution in [-0.2, 0) is 0 Å². The molecule has 0 bridgehead atoms. The number of carbonyl (C=O) groups is 1. The lowest BCUT2D eigenvalue weighted by Gasteiger charge is -2.34. The van der Waals surface area contributed by atoms with Crippen molar-refractivity contribution in [2.45, 2.75) is 30.7 Å². The first-order valence-corrected chi connectivity index (χ1v) is 11.3. The summed E-state index contributed by atoms with van der Waals surface area (Å²) in [6, 6.07) is 24.8. The smallest absolute Gasteiger partial charge is 0.363 e. The zero-order chi connectivity index (χ0) is 24.4. The first kappa shape index (κ1) is 22.7. The third kappa shape index (κ3) is 4.64. The molecule has 0 saturated carbocycles. The number of nitrogens with zero attached hydrogens (tertiary/aromatic N) is 2. The third-order valence-electron chi connectivity index (χ3n) is 6.23. The molecular weight excluding hydrogens is 453 g/mol. The molecule has 35 heavy (non-hydrogen) atoms. The summed E-state index contributed by atoms with van der Waals surface area (Å²) in [5.41, 5.74) is 2.50. The Balaban J connectivity index is 1.50. The van der Waals surface area contributed by atoms with E-state index in [9.17, 15) is 18.0 Å². The van der Waals surface area contributed by atoms with Gasteiger partial charge in [0.25, 0.3) is 5.91 Å². The number of hydrogen-bond acceptors (Lipinski definition) is 3. The molecule has 0 spiro atoms. The zero-order valence-corrected chi connectivity index (χ0v) is 18.6. The number of benzene rings is 3. The molecule has 2 heterocycles. The predicted octanol–water partition coefficient (Wildman–Crippen LogP) is 6.06. The van der Waals surface area contributed by atoms with Gasteiger partial charge in [-0.2, -0.15) is 18.3 Å². The third-order valence-corrected chi connectivity index (χ3v) is 6.23. The van der Waals surface area contributed by atoms with Crippen LogP contribution in [0.15, 0.2) is 97.2 Å². The van der Waals surface area contributed by atoms with Crippen LogP contribution in [0, 0.1) is 0 Å². The average molecular weight is 477 g/mol. The molecule has 5 nitrogen and oxygen atoms in total. The fraction of sp³-hybridized carbons (Fsp3) is 0.185. The molecule has 5 rings (SSSR count). The second kappa shape index (κ2) is 9.29. The highest BCUT2D eigenvalue weighted by Crippen LogP contribution is 2.44. The van der Waals surface area contributed by atoms with Crippen LogP contribution in [0.1, 0.15) is 51.6 Å². The van der Waals surface area contributed by atoms with E-state index < -0.39 is 30.2 Å². The van der Waals surface area contributed by atoms with Gasteiger partial charge in [0.05, 0.1) is 18.3 Å². The Morgan fingerprint density at radius 1 is 0.914 bits per heavy atom. The minimum Gasteiger partial charge on any atom is -0.363 e. The summed E-state index contributed by atoms with van der Waals surface area (Å²) in [5.74, 6) is -0.448. The van der Waals surface area contributed by atoms with E-state index in [1.807, 2.05) is 66.7 Å². The molecular formula is C27H23F3N4O. The van der Waals surface area contributed by atoms with Crippen LogP contribution >= 0.6 is 0 Å². The maximum Gasteiger partial charge on any atom is 0.410 e. The van der Waals surface area contributed by atoms with Crippen molar-refractivity contribution >= 4 is 11.7 Å². The normalized spacial score (nSPS) is 17.5. The number of halogens is 3. The Hall–Kier alpha value is -4.07. The van der Waals surface area contributed by atoms with E-state index in [0.29, 0.717) is 5.56 Å². The Labute approximate surface area is 200 Å². The summed E-state index contributed by atoms with van der Waals surface area (Å²) in [7, 11) is 0. The van der Waals surface area contributed by atoms with E-state index in [1.54, 1.807) is 24.3 Å². The first-order chi connectivity index (χ1) is 16.9. The number of fused-ring (bicyclic) bond motifs is 1. The molecule has 178 valence electrons. The Morgan fingerprint density at radius 3 is 2.00 bits per heavy atom. The van der Waals surface area contributed by atoms with Crippen LogP contribution < -0.4 is 10.6 Å². The maximum atomic E-state index is 14.0. The summed E-state index contributed by atoms with van der Waals surface area (Å²) in [6.07, 6.45) is -3.53. The van der Waals surface area contributed by atoms with E-state index in [4.69, 9.17) is 0 Å². The Kier molecular flexibility index (Phi) is 6.03. The molecule has 3 aromatic carbocycles. The first-order valence-electron chi connectivity index (χ1n) is 11.3. The second-order valence-electron chi connectivity index (χ2n) is 8.48. The molecule has 0 radical (unpaired) electrons. The summed E-state index contributed by atoms with van der Waals surface area (Å²) >= 11 is 0. The molecule has 1 aliphatic heterocycles. The number of rotatable bonds is 5. The van der Waals surface area contributed by atoms with Crippen molar-refractivity contribution in [3.63, 3.8) is 0 Å². The summed E-state index contributed by atoms with van der Waals surface area (Å²) < 4.78 is 42.8. The van der Waals surface area contributed by atoms with Gasteiger partial charge in [0.1, 0.15) is 11.4 Å². The van der Waals surface area contributed by atoms with Crippen LogP contribution in [0.3, 0.4) is 0 Å². The van der Waals surface area contributed by atoms with E-state index >= 15 is 0 Å². The van der Waals surface area contributed by atoms with Crippen molar-refractivity contribution in [2.24, 2.45) is 0 Å². The zero-order valence-electron chi connectivity index (χ0n) is 18.6. The topological polar surface area (TPSA) is 59.0 Å². The molecule has 1 amide bonds. The molecule has 0 aliphatic carbocycles. The van der Waals surface area contributed by atoms with Crippen molar-refractivity contribution in [1.82, 2.24) is 15.1 Å². The number of alkyl halides is 3. The number of nitrogens with one attached hydrogen (secondary N) is 2. The van der Waals surface area contributed by atoms with Gasteiger partial charge < -0.3 is 10.6 Å². The molecule has 1 aromatic heterocycles. The van der Waals surface area contributed by atoms with E-state index in [2.05, 4.69) is 15.7 Å². The molecule has 2 N–H and O–H groups in total. The van der Waals surface area contributed by atoms with Crippen LogP contribution in [0.5, 0.6) is 0 Å². The Morgan fingerprint density at radius 2 is 1.46 bits per heavy atom. The second-order valence-corrected chi connectivity index (χ2v) is 8.48. The van der Waals surface area contributed by atoms with Gasteiger partial charge in [-0.15, -0.1) is 0 Å². The highest BCUT2D eigenvalue weighted by molar-refractivity contribution is 5.99. The molecule has 2 unspecified atom stereocenters. The maximum absolute atomic E-state index is 14.0. The van der Waals surface area contributed by atoms with Crippen molar-refractivity contribution in [1.29, 1.82) is 0 Å². The largest absolute Gasteiger partial charge is 0.410 e. The molecule has 2 atom stereocenters. The van der Waals surface area contributed by atoms with Crippen LogP contribution in [0.2, 0.25) is 0 Å². The fourth-order valence-electron chi connectivity index (χ4n) is 4.49. The number of carbonyl (C=O) groups excluding carboxylic acids is 1. The van der Waals surface area contributed by atoms with Gasteiger partial charge in [-0.25, -0.2) is 4.68 Å². The van der Waals surface area contributed by atoms with Gasteiger partial charge in [0.15, 0.2) is 6.04 Å². The number of hydrogen-bond donors (Lipinski definition) is 2. The van der Waals surface area contributed by atoms with E-state index in [1.165, 1.54) is 6.20 Å². The molecule has 8 heteroatoms. The predicted molar refractivity (Wildman–Crippen MR) is 127 cm³/mol. The SMILES string of the molecule is O=C(NC(c1ccccc1)c1ccccc1)c1cnn2c1NC(c1ccccc1)CC2C(F)(F)F. The minimum absolute atomic E-state index is 0.0600. The van der Waals surface area contributed by atoms with Crippen molar-refractivity contribution in [3.8, 4) is 0 Å². The number of anilines is 1. The van der Waals surface area contributed by atoms with Gasteiger partial charge in [0, 0.05) is 6.42 Å². The van der Waals surface area contributed by atoms with E-state index in [0.717, 1.165) is 15.8 Å². The van der Waals surface area contributed by atoms with Gasteiger partial charge >= 0.3 is 6.18 Å². The molecule has 0 saturated heterocycles. The Bertz CT molecular complexity index is 1250. The lowest BCUT2D eigenvalue weighted by Crippen LogP contribution is -2.37. The van der Waals surface area contributed by atoms with Crippen molar-refractivity contribution in [2.75, 3.05) is 5.32 Å². The summed E-state index contributed by atoms with van der Waals surface area (Å²) in [4.78, 5) is 13.4. The lowest BCUT2D eigenvalue weighted by atomic mass is 9.96. The monoisotopic (exact) mass is 476 g/mol. The number of aromatic nitrogens is 2. The van der Waals surface area contributed by atoms with Gasteiger partial charge in [-0.1, -0.05) is 91.0 Å². The standard InChI is InChI=1S/C27H23F3N4O/c28-27(29,30)23-16-22(18-10-4-1-5-11-18)32-25-21(17-31-34(23)25)26(35)33-24(19-12-6-2-7-13-19)20-14-8-3-9-15-20/h1-15,17,22-24,32H,16H2,(H,33,35).